The van der Waals surface area contributed by atoms with Crippen molar-refractivity contribution in [3.63, 3.8) is 0 Å². The van der Waals surface area contributed by atoms with E-state index < -0.39 is 0 Å². The van der Waals surface area contributed by atoms with Crippen LogP contribution in [-0.4, -0.2) is 95.8 Å². The van der Waals surface area contributed by atoms with Crippen molar-refractivity contribution in [2.24, 2.45) is 28.2 Å². The van der Waals surface area contributed by atoms with Gasteiger partial charge in [0.15, 0.2) is 22.3 Å². The second-order valence-electron chi connectivity index (χ2n) is 14.7. The number of nitrogens with one attached hydrogen (secondary N) is 2. The molecule has 4 aromatic heterocycles. The zero-order valence-electron chi connectivity index (χ0n) is 33.0. The van der Waals surface area contributed by atoms with Crippen LogP contribution in [0.4, 0.5) is 11.9 Å². The van der Waals surface area contributed by atoms with Crippen LogP contribution in [-0.2, 0) is 41.3 Å². The number of imidazole rings is 2. The normalized spacial score (nSPS) is 17.3. The van der Waals surface area contributed by atoms with Gasteiger partial charge in [-0.15, -0.1) is 0 Å². The van der Waals surface area contributed by atoms with E-state index in [0.717, 1.165) is 71.2 Å². The van der Waals surface area contributed by atoms with Crippen LogP contribution in [0.5, 0.6) is 5.75 Å². The van der Waals surface area contributed by atoms with Crippen LogP contribution in [0.15, 0.2) is 73.8 Å². The van der Waals surface area contributed by atoms with E-state index in [4.69, 9.17) is 14.7 Å². The van der Waals surface area contributed by atoms with Crippen molar-refractivity contribution in [2.75, 3.05) is 56.2 Å². The highest BCUT2D eigenvalue weighted by molar-refractivity contribution is 5.76. The van der Waals surface area contributed by atoms with Crippen LogP contribution in [0, 0.1) is 0 Å². The topological polar surface area (TPSA) is 163 Å². The van der Waals surface area contributed by atoms with Crippen molar-refractivity contribution < 1.29 is 4.74 Å². The SMILES string of the molecule is CC1CN(c2nc3c(c(=O)n(C)c(=O)n3C)n2Cc2ccccc2)CC(C)N1.COc1ccc(Cn2c(N3CCNCC3)nc3c2c(=O)n(C)c(=O)n3C)cc1. The quantitative estimate of drug-likeness (QED) is 0.234. The van der Waals surface area contributed by atoms with E-state index in [2.05, 4.69) is 34.3 Å². The monoisotopic (exact) mass is 766 g/mol. The largest absolute Gasteiger partial charge is 0.497 e. The highest BCUT2D eigenvalue weighted by Crippen LogP contribution is 2.25. The summed E-state index contributed by atoms with van der Waals surface area (Å²) in [7, 11) is 7.95. The van der Waals surface area contributed by atoms with Gasteiger partial charge in [-0.2, -0.15) is 9.97 Å². The zero-order valence-corrected chi connectivity index (χ0v) is 33.0. The van der Waals surface area contributed by atoms with Crippen LogP contribution >= 0.6 is 0 Å². The molecule has 0 spiro atoms. The molecule has 8 rings (SSSR count). The number of benzene rings is 2. The molecule has 2 aliphatic heterocycles. The van der Waals surface area contributed by atoms with E-state index in [1.807, 2.05) is 63.7 Å². The highest BCUT2D eigenvalue weighted by Gasteiger charge is 2.28. The van der Waals surface area contributed by atoms with Gasteiger partial charge in [0.2, 0.25) is 11.9 Å². The van der Waals surface area contributed by atoms with Crippen LogP contribution in [0.1, 0.15) is 25.0 Å². The molecule has 2 aliphatic rings. The molecule has 2 unspecified atom stereocenters. The average molecular weight is 767 g/mol. The summed E-state index contributed by atoms with van der Waals surface area (Å²) in [6, 6.07) is 18.3. The minimum absolute atomic E-state index is 0.306. The first-order valence-corrected chi connectivity index (χ1v) is 18.8. The number of hydrogen-bond acceptors (Lipinski definition) is 11. The Morgan fingerprint density at radius 3 is 1.59 bits per heavy atom. The highest BCUT2D eigenvalue weighted by atomic mass is 16.5. The van der Waals surface area contributed by atoms with Crippen molar-refractivity contribution >= 4 is 34.2 Å². The summed E-state index contributed by atoms with van der Waals surface area (Å²) in [5.74, 6) is 2.22. The van der Waals surface area contributed by atoms with Gasteiger partial charge in [0.1, 0.15) is 5.75 Å². The number of rotatable bonds is 7. The number of ether oxygens (including phenoxy) is 1. The first kappa shape index (κ1) is 38.3. The maximum atomic E-state index is 13.0. The first-order valence-electron chi connectivity index (χ1n) is 18.8. The molecular weight excluding hydrogens is 717 g/mol. The Hall–Kier alpha value is -5.94. The molecule has 0 amide bonds. The van der Waals surface area contributed by atoms with Gasteiger partial charge in [-0.1, -0.05) is 42.5 Å². The van der Waals surface area contributed by atoms with E-state index >= 15 is 0 Å². The third kappa shape index (κ3) is 7.14. The lowest BCUT2D eigenvalue weighted by Gasteiger charge is -2.36. The van der Waals surface area contributed by atoms with E-state index in [1.54, 1.807) is 21.2 Å². The van der Waals surface area contributed by atoms with Gasteiger partial charge in [-0.3, -0.25) is 37.0 Å². The van der Waals surface area contributed by atoms with E-state index in [-0.39, 0.29) is 22.5 Å². The average Bonchev–Trinajstić information content (AvgIpc) is 3.78. The smallest absolute Gasteiger partial charge is 0.332 e. The molecular formula is C39H50N12O5. The van der Waals surface area contributed by atoms with E-state index in [9.17, 15) is 19.2 Å². The zero-order chi connectivity index (χ0) is 39.8. The fourth-order valence-electron chi connectivity index (χ4n) is 7.69. The van der Waals surface area contributed by atoms with Crippen LogP contribution in [0.2, 0.25) is 0 Å². The number of nitrogens with zero attached hydrogens (tertiary/aromatic N) is 10. The van der Waals surface area contributed by atoms with Gasteiger partial charge in [0.25, 0.3) is 11.1 Å². The fraction of sp³-hybridized carbons (Fsp3) is 0.436. The van der Waals surface area contributed by atoms with Gasteiger partial charge in [-0.05, 0) is 37.1 Å². The Balaban J connectivity index is 0.000000172. The Bertz CT molecular complexity index is 2600. The summed E-state index contributed by atoms with van der Waals surface area (Å²) in [5, 5.41) is 6.85. The summed E-state index contributed by atoms with van der Waals surface area (Å²) in [6.07, 6.45) is 0. The summed E-state index contributed by atoms with van der Waals surface area (Å²) >= 11 is 0. The number of fused-ring (bicyclic) bond motifs is 2. The van der Waals surface area contributed by atoms with Gasteiger partial charge in [0, 0.05) is 79.5 Å². The third-order valence-electron chi connectivity index (χ3n) is 10.6. The number of anilines is 2. The molecule has 6 aromatic rings. The molecule has 2 saturated heterocycles. The number of aromatic nitrogens is 8. The van der Waals surface area contributed by atoms with Crippen molar-refractivity contribution in [2.45, 2.75) is 39.0 Å². The van der Waals surface area contributed by atoms with Crippen LogP contribution < -0.4 is 47.7 Å². The maximum absolute atomic E-state index is 13.0. The van der Waals surface area contributed by atoms with Gasteiger partial charge >= 0.3 is 11.4 Å². The fourth-order valence-corrected chi connectivity index (χ4v) is 7.69. The van der Waals surface area contributed by atoms with Crippen molar-refractivity contribution in [1.29, 1.82) is 0 Å². The molecule has 2 fully saturated rings. The number of aryl methyl sites for hydroxylation is 2. The molecule has 6 heterocycles. The molecule has 2 aromatic carbocycles. The number of hydrogen-bond donors (Lipinski definition) is 2. The van der Waals surface area contributed by atoms with Crippen molar-refractivity contribution in [3.8, 4) is 5.75 Å². The predicted molar refractivity (Wildman–Crippen MR) is 217 cm³/mol. The Morgan fingerprint density at radius 2 is 1.11 bits per heavy atom. The number of methoxy groups -OCH3 is 1. The van der Waals surface area contributed by atoms with Crippen molar-refractivity contribution in [1.82, 2.24) is 48.0 Å². The lowest BCUT2D eigenvalue weighted by atomic mass is 10.1. The molecule has 0 saturated carbocycles. The minimum atomic E-state index is -0.376. The second-order valence-corrected chi connectivity index (χ2v) is 14.7. The van der Waals surface area contributed by atoms with Crippen molar-refractivity contribution in [3.05, 3.63) is 107 Å². The molecule has 2 N–H and O–H groups in total. The first-order chi connectivity index (χ1) is 26.9. The molecule has 17 nitrogen and oxygen atoms in total. The molecule has 0 aliphatic carbocycles. The van der Waals surface area contributed by atoms with Crippen LogP contribution in [0.25, 0.3) is 22.3 Å². The Labute approximate surface area is 323 Å². The summed E-state index contributed by atoms with van der Waals surface area (Å²) in [5.41, 5.74) is 2.45. The molecule has 17 heteroatoms. The lowest BCUT2D eigenvalue weighted by molar-refractivity contribution is 0.401. The standard InChI is InChI=1S/C20H26N6O2.C19H24N6O3/c1-13-10-25(11-14(2)21-13)19-22-17-16(18(27)24(4)20(28)23(17)3)26(19)12-15-8-6-5-7-9-15;1-22-16-15(17(26)23(2)19(22)27)25(12-13-4-6-14(28-3)7-5-13)18(21-16)24-10-8-20-9-11-24/h5-9,13-14,21H,10-12H2,1-4H3;4-7,20H,8-12H2,1-3H3. The van der Waals surface area contributed by atoms with Crippen LogP contribution in [0.3, 0.4) is 0 Å². The Kier molecular flexibility index (Phi) is 10.7. The minimum Gasteiger partial charge on any atom is -0.497 e. The summed E-state index contributed by atoms with van der Waals surface area (Å²) in [6.45, 7) is 10.1. The lowest BCUT2D eigenvalue weighted by Crippen LogP contribution is -2.55. The predicted octanol–water partition coefficient (Wildman–Crippen LogP) is 0.569. The molecule has 56 heavy (non-hydrogen) atoms. The van der Waals surface area contributed by atoms with E-state index in [1.165, 1.54) is 23.2 Å². The molecule has 0 radical (unpaired) electrons. The van der Waals surface area contributed by atoms with E-state index in [0.29, 0.717) is 53.4 Å². The molecule has 0 bridgehead atoms. The summed E-state index contributed by atoms with van der Waals surface area (Å²) < 4.78 is 14.3. The molecule has 2 atom stereocenters. The third-order valence-corrected chi connectivity index (χ3v) is 10.6. The molecule has 296 valence electrons. The van der Waals surface area contributed by atoms with Gasteiger partial charge in [-0.25, -0.2) is 9.59 Å². The van der Waals surface area contributed by atoms with Gasteiger partial charge < -0.3 is 25.2 Å². The maximum Gasteiger partial charge on any atom is 0.332 e. The number of piperazine rings is 2. The Morgan fingerprint density at radius 1 is 0.643 bits per heavy atom. The second kappa shape index (κ2) is 15.7. The van der Waals surface area contributed by atoms with Gasteiger partial charge in [0.05, 0.1) is 20.2 Å². The summed E-state index contributed by atoms with van der Waals surface area (Å²) in [4.78, 5) is 64.6.